The molecule has 0 saturated carbocycles. The average molecular weight is 456 g/mol. The Labute approximate surface area is 167 Å². The molecule has 0 spiro atoms. The molecule has 1 aromatic carbocycles. The summed E-state index contributed by atoms with van der Waals surface area (Å²) in [4.78, 5) is 14.8. The van der Waals surface area contributed by atoms with Gasteiger partial charge in [-0.05, 0) is 41.1 Å². The molecule has 0 saturated heterocycles. The van der Waals surface area contributed by atoms with Gasteiger partial charge in [-0.25, -0.2) is 0 Å². The lowest BCUT2D eigenvalue weighted by atomic mass is 9.95. The van der Waals surface area contributed by atoms with Crippen LogP contribution in [-0.4, -0.2) is 32.7 Å². The zero-order valence-corrected chi connectivity index (χ0v) is 16.7. The van der Waals surface area contributed by atoms with E-state index in [1.54, 1.807) is 23.1 Å². The predicted octanol–water partition coefficient (Wildman–Crippen LogP) is 4.89. The van der Waals surface area contributed by atoms with Crippen molar-refractivity contribution in [1.82, 2.24) is 20.3 Å². The number of carbonyl (C=O) groups excluding carboxylic acids is 1. The van der Waals surface area contributed by atoms with Crippen molar-refractivity contribution in [2.24, 2.45) is 0 Å². The molecule has 2 aromatic heterocycles. The minimum atomic E-state index is -0.182. The van der Waals surface area contributed by atoms with Crippen LogP contribution in [0.4, 0.5) is 0 Å². The van der Waals surface area contributed by atoms with Gasteiger partial charge in [0.2, 0.25) is 0 Å². The van der Waals surface area contributed by atoms with E-state index in [0.29, 0.717) is 34.3 Å². The lowest BCUT2D eigenvalue weighted by molar-refractivity contribution is 0.0677. The van der Waals surface area contributed by atoms with E-state index in [1.165, 1.54) is 6.26 Å². The number of benzene rings is 1. The Morgan fingerprint density at radius 1 is 1.38 bits per heavy atom. The molecule has 3 heterocycles. The maximum Gasteiger partial charge on any atom is 0.254 e. The van der Waals surface area contributed by atoms with Crippen molar-refractivity contribution < 1.29 is 9.32 Å². The highest BCUT2D eigenvalue weighted by Gasteiger charge is 2.34. The molecule has 0 unspecified atom stereocenters. The van der Waals surface area contributed by atoms with Crippen LogP contribution in [0.3, 0.4) is 0 Å². The first-order valence-corrected chi connectivity index (χ1v) is 9.45. The van der Waals surface area contributed by atoms with Crippen LogP contribution < -0.4 is 0 Å². The molecule has 1 amide bonds. The van der Waals surface area contributed by atoms with Gasteiger partial charge in [0, 0.05) is 24.1 Å². The van der Waals surface area contributed by atoms with Crippen LogP contribution in [0.25, 0.3) is 11.4 Å². The second-order valence-corrected chi connectivity index (χ2v) is 7.69. The van der Waals surface area contributed by atoms with E-state index in [1.807, 2.05) is 6.92 Å². The van der Waals surface area contributed by atoms with Gasteiger partial charge < -0.3 is 9.42 Å². The van der Waals surface area contributed by atoms with E-state index in [2.05, 4.69) is 31.3 Å². The van der Waals surface area contributed by atoms with Crippen molar-refractivity contribution in [2.75, 3.05) is 6.54 Å². The van der Waals surface area contributed by atoms with Crippen LogP contribution in [0.1, 0.15) is 34.6 Å². The Hall–Kier alpha value is -1.83. The highest BCUT2D eigenvalue weighted by Crippen LogP contribution is 2.38. The second kappa shape index (κ2) is 6.72. The number of hydrogen-bond donors (Lipinski definition) is 1. The summed E-state index contributed by atoms with van der Waals surface area (Å²) >= 11 is 15.4. The lowest BCUT2D eigenvalue weighted by Gasteiger charge is -2.33. The van der Waals surface area contributed by atoms with Crippen molar-refractivity contribution in [2.45, 2.75) is 19.4 Å². The Bertz CT molecular complexity index is 1000. The van der Waals surface area contributed by atoms with Crippen molar-refractivity contribution in [3.63, 3.8) is 0 Å². The van der Waals surface area contributed by atoms with Crippen LogP contribution in [0.5, 0.6) is 0 Å². The third-order valence-electron chi connectivity index (χ3n) is 4.55. The van der Waals surface area contributed by atoms with E-state index >= 15 is 0 Å². The van der Waals surface area contributed by atoms with Gasteiger partial charge in [-0.15, -0.1) is 0 Å². The summed E-state index contributed by atoms with van der Waals surface area (Å²) < 4.78 is 5.74. The van der Waals surface area contributed by atoms with Gasteiger partial charge in [-0.1, -0.05) is 28.4 Å². The molecule has 0 aliphatic carbocycles. The number of aromatic amines is 1. The monoisotopic (exact) mass is 454 g/mol. The summed E-state index contributed by atoms with van der Waals surface area (Å²) in [5.41, 5.74) is 3.76. The standard InChI is InChI=1S/C17H13BrCl2N4O2/c1-8-14-13(21-22-16(14)15-10(18)7-26-23-15)4-5-24(8)17(25)9-2-3-11(19)12(20)6-9/h2-3,6-8H,4-5H2,1H3,(H,21,22)/t8-/m1/s1. The molecular weight excluding hydrogens is 443 g/mol. The molecule has 0 bridgehead atoms. The number of hydrogen-bond acceptors (Lipinski definition) is 4. The van der Waals surface area contributed by atoms with Crippen LogP contribution in [0.15, 0.2) is 33.5 Å². The van der Waals surface area contributed by atoms with Gasteiger partial charge in [0.1, 0.15) is 12.0 Å². The lowest BCUT2D eigenvalue weighted by Crippen LogP contribution is -2.38. The van der Waals surface area contributed by atoms with Gasteiger partial charge in [0.05, 0.1) is 31.9 Å². The van der Waals surface area contributed by atoms with Gasteiger partial charge >= 0.3 is 0 Å². The Morgan fingerprint density at radius 2 is 2.19 bits per heavy atom. The number of amides is 1. The number of aromatic nitrogens is 3. The number of halogens is 3. The predicted molar refractivity (Wildman–Crippen MR) is 101 cm³/mol. The van der Waals surface area contributed by atoms with Gasteiger partial charge in [-0.2, -0.15) is 5.10 Å². The van der Waals surface area contributed by atoms with Gasteiger partial charge in [-0.3, -0.25) is 9.89 Å². The zero-order chi connectivity index (χ0) is 18.4. The molecule has 9 heteroatoms. The number of fused-ring (bicyclic) bond motifs is 1. The maximum atomic E-state index is 13.0. The van der Waals surface area contributed by atoms with Crippen LogP contribution in [0.2, 0.25) is 10.0 Å². The van der Waals surface area contributed by atoms with E-state index in [0.717, 1.165) is 21.4 Å². The second-order valence-electron chi connectivity index (χ2n) is 6.02. The molecule has 26 heavy (non-hydrogen) atoms. The van der Waals surface area contributed by atoms with Crippen molar-refractivity contribution in [1.29, 1.82) is 0 Å². The van der Waals surface area contributed by atoms with Gasteiger partial charge in [0.25, 0.3) is 5.91 Å². The molecule has 6 nitrogen and oxygen atoms in total. The summed E-state index contributed by atoms with van der Waals surface area (Å²) in [5, 5.41) is 12.2. The first-order chi connectivity index (χ1) is 12.5. The Morgan fingerprint density at radius 3 is 2.88 bits per heavy atom. The quantitative estimate of drug-likeness (QED) is 0.596. The largest absolute Gasteiger partial charge is 0.363 e. The highest BCUT2D eigenvalue weighted by molar-refractivity contribution is 9.10. The maximum absolute atomic E-state index is 13.0. The third-order valence-corrected chi connectivity index (χ3v) is 5.85. The Balaban J connectivity index is 1.71. The summed E-state index contributed by atoms with van der Waals surface area (Å²) in [5.74, 6) is -0.104. The smallest absolute Gasteiger partial charge is 0.254 e. The third kappa shape index (κ3) is 2.84. The fraction of sp³-hybridized carbons (Fsp3) is 0.235. The minimum absolute atomic E-state index is 0.104. The SMILES string of the molecule is C[C@@H]1c2c(n[nH]c2-c2nocc2Br)CCN1C(=O)c1ccc(Cl)c(Cl)c1. The summed E-state index contributed by atoms with van der Waals surface area (Å²) in [7, 11) is 0. The fourth-order valence-electron chi connectivity index (χ4n) is 3.25. The molecule has 0 radical (unpaired) electrons. The van der Waals surface area contributed by atoms with Crippen molar-refractivity contribution >= 4 is 45.0 Å². The molecule has 1 N–H and O–H groups in total. The molecule has 1 aliphatic heterocycles. The molecule has 1 aliphatic rings. The summed E-state index contributed by atoms with van der Waals surface area (Å²) in [6.07, 6.45) is 2.16. The van der Waals surface area contributed by atoms with E-state index in [-0.39, 0.29) is 11.9 Å². The minimum Gasteiger partial charge on any atom is -0.363 e. The number of rotatable bonds is 2. The number of nitrogens with zero attached hydrogens (tertiary/aromatic N) is 3. The molecule has 3 aromatic rings. The highest BCUT2D eigenvalue weighted by atomic mass is 79.9. The van der Waals surface area contributed by atoms with Crippen LogP contribution in [-0.2, 0) is 6.42 Å². The first-order valence-electron chi connectivity index (χ1n) is 7.90. The van der Waals surface area contributed by atoms with Crippen molar-refractivity contribution in [3.05, 3.63) is 55.8 Å². The molecule has 4 rings (SSSR count). The molecule has 134 valence electrons. The number of carbonyl (C=O) groups is 1. The van der Waals surface area contributed by atoms with E-state index < -0.39 is 0 Å². The fourth-order valence-corrected chi connectivity index (χ4v) is 3.90. The van der Waals surface area contributed by atoms with Crippen LogP contribution >= 0.6 is 39.1 Å². The zero-order valence-electron chi connectivity index (χ0n) is 13.6. The van der Waals surface area contributed by atoms with E-state index in [4.69, 9.17) is 27.7 Å². The summed E-state index contributed by atoms with van der Waals surface area (Å²) in [6.45, 7) is 2.54. The topological polar surface area (TPSA) is 75.0 Å². The summed E-state index contributed by atoms with van der Waals surface area (Å²) in [6, 6.07) is 4.73. The normalized spacial score (nSPS) is 16.6. The average Bonchev–Trinajstić information content (AvgIpc) is 3.23. The van der Waals surface area contributed by atoms with Crippen LogP contribution in [0, 0.1) is 0 Å². The molecule has 1 atom stereocenters. The molecular formula is C17H13BrCl2N4O2. The van der Waals surface area contributed by atoms with E-state index in [9.17, 15) is 4.79 Å². The number of nitrogens with one attached hydrogen (secondary N) is 1. The Kier molecular flexibility index (Phi) is 4.54. The first kappa shape index (κ1) is 17.6. The van der Waals surface area contributed by atoms with Crippen molar-refractivity contribution in [3.8, 4) is 11.4 Å². The molecule has 0 fully saturated rings. The number of H-pyrrole nitrogens is 1. The van der Waals surface area contributed by atoms with Gasteiger partial charge in [0.15, 0.2) is 0 Å².